The van der Waals surface area contributed by atoms with Crippen LogP contribution in [0.25, 0.3) is 0 Å². The van der Waals surface area contributed by atoms with Crippen molar-refractivity contribution in [1.82, 2.24) is 5.32 Å². The number of ether oxygens (including phenoxy) is 1. The summed E-state index contributed by atoms with van der Waals surface area (Å²) >= 11 is 0. The molecule has 352 valence electrons. The van der Waals surface area contributed by atoms with E-state index in [1.165, 1.54) is 116 Å². The predicted molar refractivity (Wildman–Crippen MR) is 264 cm³/mol. The molecular formula is C55H97NO5. The van der Waals surface area contributed by atoms with Gasteiger partial charge in [0, 0.05) is 6.42 Å². The third-order valence-corrected chi connectivity index (χ3v) is 11.4. The Morgan fingerprint density at radius 2 is 0.902 bits per heavy atom. The summed E-state index contributed by atoms with van der Waals surface area (Å²) in [6.07, 6.45) is 61.0. The van der Waals surface area contributed by atoms with Gasteiger partial charge in [0.15, 0.2) is 0 Å². The number of hydrogen-bond acceptors (Lipinski definition) is 5. The molecule has 0 aromatic carbocycles. The van der Waals surface area contributed by atoms with E-state index >= 15 is 0 Å². The normalized spacial score (nSPS) is 13.9. The molecule has 61 heavy (non-hydrogen) atoms. The Morgan fingerprint density at radius 1 is 0.492 bits per heavy atom. The maximum atomic E-state index is 13.2. The van der Waals surface area contributed by atoms with Gasteiger partial charge >= 0.3 is 5.97 Å². The Morgan fingerprint density at radius 3 is 1.39 bits per heavy atom. The van der Waals surface area contributed by atoms with E-state index in [4.69, 9.17) is 4.74 Å². The lowest BCUT2D eigenvalue weighted by Crippen LogP contribution is -2.46. The number of aliphatic hydroxyl groups excluding tert-OH is 2. The Kier molecular flexibility index (Phi) is 46.2. The number of hydrogen-bond donors (Lipinski definition) is 3. The fourth-order valence-electron chi connectivity index (χ4n) is 7.50. The van der Waals surface area contributed by atoms with Crippen LogP contribution in [0.3, 0.4) is 0 Å². The molecule has 3 atom stereocenters. The molecule has 0 spiro atoms. The highest BCUT2D eigenvalue weighted by molar-refractivity contribution is 5.77. The molecule has 0 saturated heterocycles. The molecule has 0 rings (SSSR count). The van der Waals surface area contributed by atoms with Gasteiger partial charge in [-0.1, -0.05) is 229 Å². The van der Waals surface area contributed by atoms with Gasteiger partial charge < -0.3 is 20.3 Å². The summed E-state index contributed by atoms with van der Waals surface area (Å²) < 4.78 is 5.91. The van der Waals surface area contributed by atoms with Crippen LogP contribution in [-0.4, -0.2) is 46.9 Å². The van der Waals surface area contributed by atoms with Gasteiger partial charge in [-0.15, -0.1) is 0 Å². The van der Waals surface area contributed by atoms with Crippen LogP contribution in [0.1, 0.15) is 239 Å². The summed E-state index contributed by atoms with van der Waals surface area (Å²) in [7, 11) is 0. The van der Waals surface area contributed by atoms with Crippen molar-refractivity contribution in [3.8, 4) is 0 Å². The zero-order valence-electron chi connectivity index (χ0n) is 40.0. The molecule has 6 nitrogen and oxygen atoms in total. The van der Waals surface area contributed by atoms with Gasteiger partial charge in [-0.05, 0) is 70.6 Å². The zero-order valence-corrected chi connectivity index (χ0v) is 40.0. The molecule has 0 aromatic rings. The van der Waals surface area contributed by atoms with Gasteiger partial charge in [0.25, 0.3) is 0 Å². The summed E-state index contributed by atoms with van der Waals surface area (Å²) in [6, 6.07) is -0.715. The van der Waals surface area contributed by atoms with Gasteiger partial charge in [0.05, 0.1) is 25.2 Å². The highest BCUT2D eigenvalue weighted by Gasteiger charge is 2.24. The largest absolute Gasteiger partial charge is 0.462 e. The first-order valence-electron chi connectivity index (χ1n) is 25.7. The van der Waals surface area contributed by atoms with Crippen LogP contribution < -0.4 is 5.32 Å². The van der Waals surface area contributed by atoms with Crippen LogP contribution in [0, 0.1) is 0 Å². The van der Waals surface area contributed by atoms with Gasteiger partial charge in [0.1, 0.15) is 6.10 Å². The molecule has 6 heteroatoms. The van der Waals surface area contributed by atoms with E-state index in [0.29, 0.717) is 19.3 Å². The maximum Gasteiger partial charge on any atom is 0.306 e. The monoisotopic (exact) mass is 852 g/mol. The van der Waals surface area contributed by atoms with Crippen LogP contribution in [0.4, 0.5) is 0 Å². The Hall–Kier alpha value is -2.70. The number of unbranched alkanes of at least 4 members (excludes halogenated alkanes) is 25. The number of carbonyl (C=O) groups excluding carboxylic acids is 2. The number of esters is 1. The van der Waals surface area contributed by atoms with E-state index in [1.54, 1.807) is 0 Å². The fourth-order valence-corrected chi connectivity index (χ4v) is 7.50. The highest BCUT2D eigenvalue weighted by Crippen LogP contribution is 2.17. The first-order chi connectivity index (χ1) is 30.0. The quantitative estimate of drug-likeness (QED) is 0.0245. The molecular weight excluding hydrogens is 755 g/mol. The standard InChI is InChI=1S/C55H97NO5/c1-4-7-10-13-16-19-22-25-27-29-31-34-37-40-43-46-51(61-55(60)48-45-42-39-36-33-30-28-26-23-20-17-14-11-8-5-2)49-54(59)56-52(50-57)53(58)47-44-41-38-35-32-24-21-18-15-12-9-6-3/h8,11,14,17,20,23,25-28,30,33,51-53,57-58H,4-7,9-10,12-13,15-16,18-19,21-22,24,29,31-32,34-50H2,1-3H3,(H,56,59)/b11-8+,17-14+,23-20-,27-25+,28-26-,33-30+. The maximum absolute atomic E-state index is 13.2. The average molecular weight is 852 g/mol. The SMILES string of the molecule is CC/C=C/C=C/C=C\C=C/C=C/CCCCCC(=O)OC(CCCCCCC/C=C/CCCCCCCC)CC(=O)NC(CO)C(O)CCCCCCCCCCCCCC. The van der Waals surface area contributed by atoms with Crippen LogP contribution in [0.15, 0.2) is 72.9 Å². The van der Waals surface area contributed by atoms with Crippen molar-refractivity contribution >= 4 is 11.9 Å². The number of nitrogens with one attached hydrogen (secondary N) is 1. The second kappa shape index (κ2) is 48.3. The molecule has 0 saturated carbocycles. The first kappa shape index (κ1) is 58.3. The van der Waals surface area contributed by atoms with Crippen molar-refractivity contribution in [2.45, 2.75) is 257 Å². The van der Waals surface area contributed by atoms with E-state index < -0.39 is 18.2 Å². The van der Waals surface area contributed by atoms with E-state index in [2.05, 4.69) is 56.5 Å². The fraction of sp³-hybridized carbons (Fsp3) is 0.745. The summed E-state index contributed by atoms with van der Waals surface area (Å²) in [4.78, 5) is 26.1. The van der Waals surface area contributed by atoms with E-state index in [1.807, 2.05) is 42.5 Å². The van der Waals surface area contributed by atoms with Crippen molar-refractivity contribution in [1.29, 1.82) is 0 Å². The topological polar surface area (TPSA) is 95.9 Å². The van der Waals surface area contributed by atoms with Gasteiger partial charge in [-0.25, -0.2) is 0 Å². The van der Waals surface area contributed by atoms with E-state index in [-0.39, 0.29) is 24.9 Å². The number of allylic oxidation sites excluding steroid dienone is 12. The van der Waals surface area contributed by atoms with Crippen LogP contribution in [0.5, 0.6) is 0 Å². The lowest BCUT2D eigenvalue weighted by Gasteiger charge is -2.24. The molecule has 0 heterocycles. The van der Waals surface area contributed by atoms with Crippen molar-refractivity contribution in [2.24, 2.45) is 0 Å². The molecule has 0 radical (unpaired) electrons. The molecule has 1 amide bonds. The molecule has 0 aromatic heterocycles. The van der Waals surface area contributed by atoms with E-state index in [9.17, 15) is 19.8 Å². The number of amides is 1. The molecule has 3 unspecified atom stereocenters. The molecule has 0 aliphatic rings. The minimum absolute atomic E-state index is 0.0522. The van der Waals surface area contributed by atoms with Crippen molar-refractivity contribution in [2.75, 3.05) is 6.61 Å². The summed E-state index contributed by atoms with van der Waals surface area (Å²) in [5.41, 5.74) is 0. The van der Waals surface area contributed by atoms with Crippen molar-refractivity contribution in [3.05, 3.63) is 72.9 Å². The zero-order chi connectivity index (χ0) is 44.5. The molecule has 0 aliphatic heterocycles. The lowest BCUT2D eigenvalue weighted by molar-refractivity contribution is -0.151. The molecule has 3 N–H and O–H groups in total. The first-order valence-corrected chi connectivity index (χ1v) is 25.7. The smallest absolute Gasteiger partial charge is 0.306 e. The minimum atomic E-state index is -0.799. The number of carbonyl (C=O) groups is 2. The van der Waals surface area contributed by atoms with E-state index in [0.717, 1.165) is 77.0 Å². The Labute approximate surface area is 377 Å². The summed E-state index contributed by atoms with van der Waals surface area (Å²) in [5, 5.41) is 23.7. The Bertz CT molecular complexity index is 1140. The van der Waals surface area contributed by atoms with Crippen LogP contribution >= 0.6 is 0 Å². The van der Waals surface area contributed by atoms with Gasteiger partial charge in [-0.3, -0.25) is 9.59 Å². The van der Waals surface area contributed by atoms with Crippen molar-refractivity contribution in [3.63, 3.8) is 0 Å². The third-order valence-electron chi connectivity index (χ3n) is 11.4. The van der Waals surface area contributed by atoms with Crippen LogP contribution in [-0.2, 0) is 14.3 Å². The highest BCUT2D eigenvalue weighted by atomic mass is 16.5. The molecule has 0 bridgehead atoms. The third kappa shape index (κ3) is 43.7. The van der Waals surface area contributed by atoms with Gasteiger partial charge in [0.2, 0.25) is 5.91 Å². The number of aliphatic hydroxyl groups is 2. The average Bonchev–Trinajstić information content (AvgIpc) is 3.25. The number of rotatable bonds is 45. The van der Waals surface area contributed by atoms with Crippen LogP contribution in [0.2, 0.25) is 0 Å². The second-order valence-corrected chi connectivity index (χ2v) is 17.3. The molecule has 0 aliphatic carbocycles. The predicted octanol–water partition coefficient (Wildman–Crippen LogP) is 15.4. The Balaban J connectivity index is 4.69. The summed E-state index contributed by atoms with van der Waals surface area (Å²) in [5.74, 6) is -0.531. The lowest BCUT2D eigenvalue weighted by atomic mass is 10.0. The minimum Gasteiger partial charge on any atom is -0.462 e. The van der Waals surface area contributed by atoms with Crippen molar-refractivity contribution < 1.29 is 24.5 Å². The summed E-state index contributed by atoms with van der Waals surface area (Å²) in [6.45, 7) is 6.32. The molecule has 0 fully saturated rings. The van der Waals surface area contributed by atoms with Gasteiger partial charge in [-0.2, -0.15) is 0 Å². The second-order valence-electron chi connectivity index (χ2n) is 17.3.